The van der Waals surface area contributed by atoms with Crippen LogP contribution in [0.15, 0.2) is 22.7 Å². The number of rotatable bonds is 5. The maximum atomic E-state index is 11.8. The van der Waals surface area contributed by atoms with Crippen molar-refractivity contribution in [2.75, 3.05) is 5.32 Å². The quantitative estimate of drug-likeness (QED) is 0.767. The fourth-order valence-corrected chi connectivity index (χ4v) is 1.94. The minimum atomic E-state index is -1.09. The molecular weight excluding hydrogens is 326 g/mol. The zero-order chi connectivity index (χ0) is 15.1. The van der Waals surface area contributed by atoms with Crippen LogP contribution in [0.1, 0.15) is 25.3 Å². The van der Waals surface area contributed by atoms with Gasteiger partial charge < -0.3 is 15.7 Å². The number of hydrogen-bond acceptors (Lipinski definition) is 3. The second-order valence-corrected chi connectivity index (χ2v) is 5.00. The lowest BCUT2D eigenvalue weighted by Gasteiger charge is -2.14. The molecule has 1 atom stereocenters. The molecule has 1 rings (SSSR count). The zero-order valence-electron chi connectivity index (χ0n) is 10.8. The lowest BCUT2D eigenvalue weighted by atomic mass is 10.1. The molecule has 0 saturated carbocycles. The number of aliphatic carboxylic acids is 1. The molecule has 1 aromatic rings. The average Bonchev–Trinajstić information content (AvgIpc) is 2.38. The largest absolute Gasteiger partial charge is 0.480 e. The summed E-state index contributed by atoms with van der Waals surface area (Å²) in [5.41, 5.74) is 0.616. The Labute approximate surface area is 124 Å². The van der Waals surface area contributed by atoms with E-state index in [-0.39, 0.29) is 0 Å². The van der Waals surface area contributed by atoms with Gasteiger partial charge in [0.25, 0.3) is 0 Å². The molecule has 0 heterocycles. The molecule has 20 heavy (non-hydrogen) atoms. The normalized spacial score (nSPS) is 11.2. The second kappa shape index (κ2) is 7.50. The molecule has 3 N–H and O–H groups in total. The van der Waals surface area contributed by atoms with E-state index in [2.05, 4.69) is 26.6 Å². The van der Waals surface area contributed by atoms with Gasteiger partial charge in [0.05, 0.1) is 11.3 Å². The third kappa shape index (κ3) is 4.55. The summed E-state index contributed by atoms with van der Waals surface area (Å²) < 4.78 is 0.704. The van der Waals surface area contributed by atoms with Crippen molar-refractivity contribution in [2.45, 2.75) is 25.8 Å². The Morgan fingerprint density at radius 1 is 1.50 bits per heavy atom. The molecule has 2 amide bonds. The minimum absolute atomic E-state index is 0.297. The first-order chi connectivity index (χ1) is 9.47. The van der Waals surface area contributed by atoms with Crippen molar-refractivity contribution in [1.82, 2.24) is 5.32 Å². The SMILES string of the molecule is CCC[C@@H](NC(=O)Nc1cc(Br)ccc1C#N)C(=O)O. The van der Waals surface area contributed by atoms with Crippen molar-refractivity contribution < 1.29 is 14.7 Å². The Bertz CT molecular complexity index is 554. The number of nitrogens with one attached hydrogen (secondary N) is 2. The summed E-state index contributed by atoms with van der Waals surface area (Å²) in [6, 6.07) is 5.16. The van der Waals surface area contributed by atoms with Crippen LogP contribution < -0.4 is 10.6 Å². The molecule has 0 radical (unpaired) electrons. The predicted molar refractivity (Wildman–Crippen MR) is 77.3 cm³/mol. The van der Waals surface area contributed by atoms with Crippen LogP contribution in [0.4, 0.5) is 10.5 Å². The molecule has 0 unspecified atom stereocenters. The van der Waals surface area contributed by atoms with Crippen molar-refractivity contribution in [3.05, 3.63) is 28.2 Å². The van der Waals surface area contributed by atoms with Gasteiger partial charge in [-0.2, -0.15) is 5.26 Å². The smallest absolute Gasteiger partial charge is 0.326 e. The van der Waals surface area contributed by atoms with Crippen molar-refractivity contribution >= 4 is 33.6 Å². The fraction of sp³-hybridized carbons (Fsp3) is 0.308. The van der Waals surface area contributed by atoms with E-state index in [1.807, 2.05) is 13.0 Å². The maximum absolute atomic E-state index is 11.8. The molecule has 106 valence electrons. The average molecular weight is 340 g/mol. The number of nitriles is 1. The minimum Gasteiger partial charge on any atom is -0.480 e. The Morgan fingerprint density at radius 3 is 2.75 bits per heavy atom. The number of benzene rings is 1. The van der Waals surface area contributed by atoms with Crippen LogP contribution in [0.3, 0.4) is 0 Å². The number of carboxylic acids is 1. The summed E-state index contributed by atoms with van der Waals surface area (Å²) >= 11 is 3.24. The third-order valence-corrected chi connectivity index (χ3v) is 3.02. The van der Waals surface area contributed by atoms with Gasteiger partial charge in [0.1, 0.15) is 12.1 Å². The van der Waals surface area contributed by atoms with Gasteiger partial charge in [-0.3, -0.25) is 0 Å². The number of amides is 2. The number of hydrogen-bond donors (Lipinski definition) is 3. The summed E-state index contributed by atoms with van der Waals surface area (Å²) in [7, 11) is 0. The summed E-state index contributed by atoms with van der Waals surface area (Å²) in [6.07, 6.45) is 0.976. The van der Waals surface area contributed by atoms with E-state index >= 15 is 0 Å². The number of carboxylic acid groups (broad SMARTS) is 1. The molecule has 0 aliphatic carbocycles. The van der Waals surface area contributed by atoms with E-state index in [0.29, 0.717) is 28.6 Å². The highest BCUT2D eigenvalue weighted by Crippen LogP contribution is 2.20. The molecule has 0 aromatic heterocycles. The molecule has 0 bridgehead atoms. The first kappa shape index (κ1) is 16.0. The fourth-order valence-electron chi connectivity index (χ4n) is 1.58. The van der Waals surface area contributed by atoms with E-state index in [0.717, 1.165) is 0 Å². The summed E-state index contributed by atoms with van der Waals surface area (Å²) in [5.74, 6) is -1.09. The van der Waals surface area contributed by atoms with Gasteiger partial charge in [-0.1, -0.05) is 29.3 Å². The summed E-state index contributed by atoms with van der Waals surface area (Å²) in [5, 5.41) is 22.7. The van der Waals surface area contributed by atoms with Gasteiger partial charge in [0, 0.05) is 4.47 Å². The maximum Gasteiger partial charge on any atom is 0.326 e. The van der Waals surface area contributed by atoms with E-state index in [1.54, 1.807) is 18.2 Å². The standard InChI is InChI=1S/C13H14BrN3O3/c1-2-3-10(12(18)19)16-13(20)17-11-6-9(14)5-4-8(11)7-15/h4-6,10H,2-3H2,1H3,(H,18,19)(H2,16,17,20)/t10-/m1/s1. The van der Waals surface area contributed by atoms with E-state index in [1.165, 1.54) is 0 Å². The van der Waals surface area contributed by atoms with Crippen molar-refractivity contribution in [3.63, 3.8) is 0 Å². The van der Waals surface area contributed by atoms with Gasteiger partial charge in [0.15, 0.2) is 0 Å². The van der Waals surface area contributed by atoms with Crippen molar-refractivity contribution in [3.8, 4) is 6.07 Å². The number of anilines is 1. The lowest BCUT2D eigenvalue weighted by molar-refractivity contribution is -0.139. The van der Waals surface area contributed by atoms with Crippen LogP contribution in [0.2, 0.25) is 0 Å². The van der Waals surface area contributed by atoms with E-state index in [9.17, 15) is 9.59 Å². The monoisotopic (exact) mass is 339 g/mol. The number of nitrogens with zero attached hydrogens (tertiary/aromatic N) is 1. The van der Waals surface area contributed by atoms with Crippen molar-refractivity contribution in [2.24, 2.45) is 0 Å². The molecule has 7 heteroatoms. The molecule has 0 spiro atoms. The van der Waals surface area contributed by atoms with Gasteiger partial charge >= 0.3 is 12.0 Å². The zero-order valence-corrected chi connectivity index (χ0v) is 12.4. The highest BCUT2D eigenvalue weighted by atomic mass is 79.9. The van der Waals surface area contributed by atoms with Crippen LogP contribution in [-0.2, 0) is 4.79 Å². The van der Waals surface area contributed by atoms with Crippen molar-refractivity contribution in [1.29, 1.82) is 5.26 Å². The number of carbonyl (C=O) groups is 2. The molecule has 0 aliphatic heterocycles. The Balaban J connectivity index is 2.78. The lowest BCUT2D eigenvalue weighted by Crippen LogP contribution is -2.43. The van der Waals surface area contributed by atoms with Gasteiger partial charge in [0.2, 0.25) is 0 Å². The number of halogens is 1. The first-order valence-corrected chi connectivity index (χ1v) is 6.77. The summed E-state index contributed by atoms with van der Waals surface area (Å²) in [6.45, 7) is 1.83. The van der Waals surface area contributed by atoms with E-state index < -0.39 is 18.0 Å². The highest BCUT2D eigenvalue weighted by Gasteiger charge is 2.19. The Morgan fingerprint density at radius 2 is 2.20 bits per heavy atom. The molecule has 0 aliphatic rings. The van der Waals surface area contributed by atoms with Crippen LogP contribution in [-0.4, -0.2) is 23.1 Å². The Hall–Kier alpha value is -2.07. The molecule has 0 saturated heterocycles. The molecule has 6 nitrogen and oxygen atoms in total. The molecular formula is C13H14BrN3O3. The van der Waals surface area contributed by atoms with Crippen LogP contribution in [0, 0.1) is 11.3 Å². The predicted octanol–water partition coefficient (Wildman–Crippen LogP) is 2.70. The van der Waals surface area contributed by atoms with Gasteiger partial charge in [-0.15, -0.1) is 0 Å². The topological polar surface area (TPSA) is 102 Å². The third-order valence-electron chi connectivity index (χ3n) is 2.53. The number of carbonyl (C=O) groups excluding carboxylic acids is 1. The molecule has 1 aromatic carbocycles. The first-order valence-electron chi connectivity index (χ1n) is 5.98. The van der Waals surface area contributed by atoms with Gasteiger partial charge in [-0.25, -0.2) is 9.59 Å². The van der Waals surface area contributed by atoms with E-state index in [4.69, 9.17) is 10.4 Å². The van der Waals surface area contributed by atoms with Crippen LogP contribution >= 0.6 is 15.9 Å². The Kier molecular flexibility index (Phi) is 6.00. The molecule has 0 fully saturated rings. The van der Waals surface area contributed by atoms with Crippen LogP contribution in [0.25, 0.3) is 0 Å². The van der Waals surface area contributed by atoms with Gasteiger partial charge in [-0.05, 0) is 24.6 Å². The van der Waals surface area contributed by atoms with Crippen LogP contribution in [0.5, 0.6) is 0 Å². The highest BCUT2D eigenvalue weighted by molar-refractivity contribution is 9.10. The number of urea groups is 1. The summed E-state index contributed by atoms with van der Waals surface area (Å²) in [4.78, 5) is 22.7. The second-order valence-electron chi connectivity index (χ2n) is 4.08.